The number of nitrogens with zero attached hydrogens (tertiary/aromatic N) is 1. The van der Waals surface area contributed by atoms with Gasteiger partial charge in [-0.1, -0.05) is 13.8 Å². The third kappa shape index (κ3) is 8.44. The number of likely N-dealkylation sites (N-methyl/N-ethyl adjacent to an activating group) is 1. The Morgan fingerprint density at radius 3 is 1.88 bits per heavy atom. The van der Waals surface area contributed by atoms with Crippen LogP contribution in [0.1, 0.15) is 34.6 Å². The molecule has 0 aliphatic carbocycles. The molecule has 5 heteroatoms. The molecular weight excluding hydrogens is 229 g/mol. The largest absolute Gasteiger partial charge is 0.401 e. The van der Waals surface area contributed by atoms with E-state index in [9.17, 15) is 13.2 Å². The molecule has 0 aliphatic rings. The van der Waals surface area contributed by atoms with Crippen LogP contribution in [0.4, 0.5) is 13.2 Å². The third-order valence-corrected chi connectivity index (χ3v) is 2.61. The van der Waals surface area contributed by atoms with Gasteiger partial charge in [-0.15, -0.1) is 0 Å². The lowest BCUT2D eigenvalue weighted by atomic mass is 10.0. The van der Waals surface area contributed by atoms with Crippen molar-refractivity contribution in [3.05, 3.63) is 0 Å². The normalized spacial score (nSPS) is 15.7. The van der Waals surface area contributed by atoms with Gasteiger partial charge in [0.25, 0.3) is 0 Å². The minimum absolute atomic E-state index is 0.0772. The van der Waals surface area contributed by atoms with Crippen molar-refractivity contribution in [1.29, 1.82) is 0 Å². The van der Waals surface area contributed by atoms with E-state index in [-0.39, 0.29) is 17.5 Å². The molecule has 0 bridgehead atoms. The predicted octanol–water partition coefficient (Wildman–Crippen LogP) is 2.89. The monoisotopic (exact) mass is 254 g/mol. The van der Waals surface area contributed by atoms with E-state index in [1.165, 1.54) is 11.9 Å². The summed E-state index contributed by atoms with van der Waals surface area (Å²) in [5, 5.41) is 3.26. The van der Waals surface area contributed by atoms with E-state index in [2.05, 4.69) is 5.32 Å². The Bertz CT molecular complexity index is 219. The van der Waals surface area contributed by atoms with Crippen LogP contribution in [0.3, 0.4) is 0 Å². The minimum atomic E-state index is -4.14. The van der Waals surface area contributed by atoms with Crippen LogP contribution in [0.5, 0.6) is 0 Å². The molecule has 1 unspecified atom stereocenters. The summed E-state index contributed by atoms with van der Waals surface area (Å²) in [5.41, 5.74) is -0.0772. The van der Waals surface area contributed by atoms with Crippen molar-refractivity contribution in [3.63, 3.8) is 0 Å². The maximum atomic E-state index is 12.3. The van der Waals surface area contributed by atoms with Crippen LogP contribution in [0.25, 0.3) is 0 Å². The fourth-order valence-corrected chi connectivity index (χ4v) is 1.71. The molecule has 17 heavy (non-hydrogen) atoms. The molecule has 0 aromatic heterocycles. The van der Waals surface area contributed by atoms with Gasteiger partial charge in [0.1, 0.15) is 0 Å². The molecule has 0 saturated carbocycles. The van der Waals surface area contributed by atoms with E-state index in [1.807, 2.05) is 34.6 Å². The van der Waals surface area contributed by atoms with Crippen LogP contribution < -0.4 is 5.32 Å². The van der Waals surface area contributed by atoms with Gasteiger partial charge >= 0.3 is 6.18 Å². The molecule has 2 nitrogen and oxygen atoms in total. The molecule has 0 rings (SSSR count). The SMILES string of the molecule is CC(C)C(CNC(C)(C)C)N(C)CC(F)(F)F. The molecule has 1 N–H and O–H groups in total. The van der Waals surface area contributed by atoms with Gasteiger partial charge in [-0.05, 0) is 33.7 Å². The Morgan fingerprint density at radius 1 is 1.12 bits per heavy atom. The lowest BCUT2D eigenvalue weighted by molar-refractivity contribution is -0.149. The minimum Gasteiger partial charge on any atom is -0.311 e. The van der Waals surface area contributed by atoms with E-state index in [1.54, 1.807) is 0 Å². The number of alkyl halides is 3. The van der Waals surface area contributed by atoms with Crippen LogP contribution in [0.15, 0.2) is 0 Å². The summed E-state index contributed by atoms with van der Waals surface area (Å²) in [7, 11) is 1.53. The second-order valence-corrected chi connectivity index (χ2v) is 5.97. The van der Waals surface area contributed by atoms with Gasteiger partial charge in [-0.25, -0.2) is 0 Å². The average Bonchev–Trinajstić information content (AvgIpc) is 1.96. The highest BCUT2D eigenvalue weighted by molar-refractivity contribution is 4.80. The topological polar surface area (TPSA) is 15.3 Å². The summed E-state index contributed by atoms with van der Waals surface area (Å²) in [6.07, 6.45) is -4.14. The van der Waals surface area contributed by atoms with Crippen LogP contribution in [-0.4, -0.2) is 42.8 Å². The quantitative estimate of drug-likeness (QED) is 0.811. The van der Waals surface area contributed by atoms with E-state index in [0.717, 1.165) is 0 Å². The summed E-state index contributed by atoms with van der Waals surface area (Å²) in [5.74, 6) is 0.178. The zero-order chi connectivity index (χ0) is 13.9. The highest BCUT2D eigenvalue weighted by atomic mass is 19.4. The fourth-order valence-electron chi connectivity index (χ4n) is 1.71. The highest BCUT2D eigenvalue weighted by Crippen LogP contribution is 2.19. The lowest BCUT2D eigenvalue weighted by Crippen LogP contribution is -2.50. The number of hydrogen-bond acceptors (Lipinski definition) is 2. The van der Waals surface area contributed by atoms with Crippen LogP contribution >= 0.6 is 0 Å². The average molecular weight is 254 g/mol. The Hall–Kier alpha value is -0.290. The standard InChI is InChI=1S/C12H25F3N2/c1-9(2)10(7-16-11(3,4)5)17(6)8-12(13,14)15/h9-10,16H,7-8H2,1-6H3. The van der Waals surface area contributed by atoms with E-state index >= 15 is 0 Å². The maximum Gasteiger partial charge on any atom is 0.401 e. The van der Waals surface area contributed by atoms with Gasteiger partial charge in [0.05, 0.1) is 6.54 Å². The Balaban J connectivity index is 4.42. The van der Waals surface area contributed by atoms with Gasteiger partial charge in [-0.2, -0.15) is 13.2 Å². The van der Waals surface area contributed by atoms with Gasteiger partial charge in [-0.3, -0.25) is 4.90 Å². The zero-order valence-corrected chi connectivity index (χ0v) is 11.7. The van der Waals surface area contributed by atoms with E-state index in [4.69, 9.17) is 0 Å². The van der Waals surface area contributed by atoms with Crippen LogP contribution in [0.2, 0.25) is 0 Å². The summed E-state index contributed by atoms with van der Waals surface area (Å²) in [6, 6.07) is -0.115. The molecule has 0 aromatic rings. The molecule has 0 aliphatic heterocycles. The van der Waals surface area contributed by atoms with Gasteiger partial charge < -0.3 is 5.32 Å². The highest BCUT2D eigenvalue weighted by Gasteiger charge is 2.33. The fraction of sp³-hybridized carbons (Fsp3) is 1.00. The number of nitrogens with one attached hydrogen (secondary N) is 1. The zero-order valence-electron chi connectivity index (χ0n) is 11.7. The van der Waals surface area contributed by atoms with Gasteiger partial charge in [0.15, 0.2) is 0 Å². The van der Waals surface area contributed by atoms with Crippen molar-refractivity contribution in [3.8, 4) is 0 Å². The van der Waals surface area contributed by atoms with E-state index < -0.39 is 12.7 Å². The predicted molar refractivity (Wildman–Crippen MR) is 65.1 cm³/mol. The number of hydrogen-bond donors (Lipinski definition) is 1. The molecular formula is C12H25F3N2. The van der Waals surface area contributed by atoms with Crippen molar-refractivity contribution >= 4 is 0 Å². The Morgan fingerprint density at radius 2 is 1.59 bits per heavy atom. The van der Waals surface area contributed by atoms with Crippen molar-refractivity contribution in [2.75, 3.05) is 20.1 Å². The molecule has 0 amide bonds. The molecule has 0 saturated heterocycles. The summed E-state index contributed by atoms with van der Waals surface area (Å²) < 4.78 is 37.0. The van der Waals surface area contributed by atoms with E-state index in [0.29, 0.717) is 6.54 Å². The summed E-state index contributed by atoms with van der Waals surface area (Å²) in [6.45, 7) is 9.62. The molecule has 0 radical (unpaired) electrons. The van der Waals surface area contributed by atoms with Crippen molar-refractivity contribution in [2.24, 2.45) is 5.92 Å². The maximum absolute atomic E-state index is 12.3. The number of rotatable bonds is 5. The first-order valence-corrected chi connectivity index (χ1v) is 5.94. The first-order valence-electron chi connectivity index (χ1n) is 5.94. The van der Waals surface area contributed by atoms with Crippen LogP contribution in [0, 0.1) is 5.92 Å². The van der Waals surface area contributed by atoms with Gasteiger partial charge in [0, 0.05) is 18.1 Å². The third-order valence-electron chi connectivity index (χ3n) is 2.61. The first-order chi connectivity index (χ1) is 7.42. The van der Waals surface area contributed by atoms with Crippen molar-refractivity contribution in [1.82, 2.24) is 10.2 Å². The Kier molecular flexibility index (Phi) is 5.94. The first kappa shape index (κ1) is 16.7. The molecule has 0 aromatic carbocycles. The Labute approximate surface area is 103 Å². The second kappa shape index (κ2) is 6.05. The summed E-state index contributed by atoms with van der Waals surface area (Å²) in [4.78, 5) is 1.38. The molecule has 104 valence electrons. The van der Waals surface area contributed by atoms with Crippen LogP contribution in [-0.2, 0) is 0 Å². The molecule has 1 atom stereocenters. The van der Waals surface area contributed by atoms with Crippen molar-refractivity contribution < 1.29 is 13.2 Å². The molecule has 0 spiro atoms. The van der Waals surface area contributed by atoms with Crippen molar-refractivity contribution in [2.45, 2.75) is 52.4 Å². The number of halogens is 3. The lowest BCUT2D eigenvalue weighted by Gasteiger charge is -2.34. The molecule has 0 heterocycles. The molecule has 0 fully saturated rings. The summed E-state index contributed by atoms with van der Waals surface area (Å²) >= 11 is 0. The smallest absolute Gasteiger partial charge is 0.311 e. The van der Waals surface area contributed by atoms with Gasteiger partial charge in [0.2, 0.25) is 0 Å². The second-order valence-electron chi connectivity index (χ2n) is 5.97.